The van der Waals surface area contributed by atoms with E-state index >= 15 is 0 Å². The van der Waals surface area contributed by atoms with Gasteiger partial charge in [0.05, 0.1) is 11.0 Å². The van der Waals surface area contributed by atoms with Gasteiger partial charge in [0.15, 0.2) is 5.82 Å². The number of sulfonamides is 1. The summed E-state index contributed by atoms with van der Waals surface area (Å²) in [4.78, 5) is 4.29. The van der Waals surface area contributed by atoms with Gasteiger partial charge in [-0.1, -0.05) is 5.16 Å². The third-order valence-corrected chi connectivity index (χ3v) is 4.81. The highest BCUT2D eigenvalue weighted by Crippen LogP contribution is 2.23. The first-order valence-electron chi connectivity index (χ1n) is 8.04. The fourth-order valence-corrected chi connectivity index (χ4v) is 3.34. The lowest BCUT2D eigenvalue weighted by Gasteiger charge is -2.11. The van der Waals surface area contributed by atoms with Gasteiger partial charge in [-0.05, 0) is 69.3 Å². The number of nitrogens with one attached hydrogen (secondary N) is 1. The van der Waals surface area contributed by atoms with Crippen LogP contribution >= 0.6 is 0 Å². The van der Waals surface area contributed by atoms with E-state index in [2.05, 4.69) is 14.9 Å². The minimum atomic E-state index is -3.69. The van der Waals surface area contributed by atoms with Gasteiger partial charge in [0, 0.05) is 11.3 Å². The van der Waals surface area contributed by atoms with Crippen molar-refractivity contribution < 1.29 is 17.7 Å². The van der Waals surface area contributed by atoms with E-state index in [0.29, 0.717) is 28.7 Å². The van der Waals surface area contributed by atoms with Crippen LogP contribution in [0, 0.1) is 6.92 Å². The van der Waals surface area contributed by atoms with Crippen molar-refractivity contribution in [2.24, 2.45) is 0 Å². The Morgan fingerprint density at radius 2 is 1.69 bits per heavy atom. The average molecular weight is 373 g/mol. The van der Waals surface area contributed by atoms with Crippen LogP contribution in [-0.4, -0.2) is 24.7 Å². The van der Waals surface area contributed by atoms with Crippen LogP contribution in [0.2, 0.25) is 0 Å². The highest BCUT2D eigenvalue weighted by atomic mass is 32.2. The first kappa shape index (κ1) is 17.9. The quantitative estimate of drug-likeness (QED) is 0.709. The summed E-state index contributed by atoms with van der Waals surface area (Å²) < 4.78 is 38.2. The van der Waals surface area contributed by atoms with Crippen molar-refractivity contribution >= 4 is 15.7 Å². The van der Waals surface area contributed by atoms with Crippen molar-refractivity contribution in [2.75, 3.05) is 4.72 Å². The molecule has 1 heterocycles. The van der Waals surface area contributed by atoms with Gasteiger partial charge >= 0.3 is 0 Å². The molecule has 0 atom stereocenters. The lowest BCUT2D eigenvalue weighted by atomic mass is 10.2. The molecule has 3 aromatic rings. The Balaban J connectivity index is 1.74. The number of benzene rings is 2. The van der Waals surface area contributed by atoms with Crippen molar-refractivity contribution in [3.05, 3.63) is 54.4 Å². The summed E-state index contributed by atoms with van der Waals surface area (Å²) in [5.74, 6) is 1.55. The molecule has 0 amide bonds. The Kier molecular flexibility index (Phi) is 4.94. The molecule has 0 aliphatic carbocycles. The van der Waals surface area contributed by atoms with Crippen molar-refractivity contribution in [3.63, 3.8) is 0 Å². The minimum Gasteiger partial charge on any atom is -0.491 e. The molecule has 1 N–H and O–H groups in total. The van der Waals surface area contributed by atoms with Crippen LogP contribution < -0.4 is 9.46 Å². The number of aromatic nitrogens is 2. The zero-order valence-electron chi connectivity index (χ0n) is 14.6. The third-order valence-electron chi connectivity index (χ3n) is 3.42. The van der Waals surface area contributed by atoms with Gasteiger partial charge in [-0.15, -0.1) is 0 Å². The van der Waals surface area contributed by atoms with Gasteiger partial charge in [-0.2, -0.15) is 4.98 Å². The Bertz CT molecular complexity index is 978. The average Bonchev–Trinajstić information content (AvgIpc) is 3.01. The second-order valence-electron chi connectivity index (χ2n) is 5.97. The summed E-state index contributed by atoms with van der Waals surface area (Å²) in [6, 6.07) is 13.0. The molecule has 3 rings (SSSR count). The zero-order valence-corrected chi connectivity index (χ0v) is 15.4. The summed E-state index contributed by atoms with van der Waals surface area (Å²) >= 11 is 0. The van der Waals surface area contributed by atoms with Crippen LogP contribution in [-0.2, 0) is 10.0 Å². The van der Waals surface area contributed by atoms with Crippen LogP contribution in [0.25, 0.3) is 11.5 Å². The predicted molar refractivity (Wildman–Crippen MR) is 97.5 cm³/mol. The van der Waals surface area contributed by atoms with Crippen LogP contribution in [0.5, 0.6) is 5.75 Å². The Labute approximate surface area is 152 Å². The molecule has 0 bridgehead atoms. The van der Waals surface area contributed by atoms with Gasteiger partial charge in [0.25, 0.3) is 15.9 Å². The fourth-order valence-electron chi connectivity index (χ4n) is 2.28. The van der Waals surface area contributed by atoms with Crippen molar-refractivity contribution in [1.82, 2.24) is 10.1 Å². The van der Waals surface area contributed by atoms with Crippen molar-refractivity contribution in [2.45, 2.75) is 31.8 Å². The maximum atomic E-state index is 12.5. The number of nitrogens with zero attached hydrogens (tertiary/aromatic N) is 2. The van der Waals surface area contributed by atoms with E-state index in [1.807, 2.05) is 13.8 Å². The minimum absolute atomic E-state index is 0.0248. The molecule has 0 fully saturated rings. The molecule has 26 heavy (non-hydrogen) atoms. The number of rotatable bonds is 6. The van der Waals surface area contributed by atoms with E-state index in [0.717, 1.165) is 0 Å². The maximum absolute atomic E-state index is 12.5. The SMILES string of the molecule is Cc1noc(-c2ccc(NS(=O)(=O)c3ccc(OC(C)C)cc3)cc2)n1. The number of aryl methyl sites for hydroxylation is 1. The van der Waals surface area contributed by atoms with Crippen molar-refractivity contribution in [3.8, 4) is 17.2 Å². The molecular weight excluding hydrogens is 354 g/mol. The zero-order chi connectivity index (χ0) is 18.7. The standard InChI is InChI=1S/C18H19N3O4S/c1-12(2)24-16-8-10-17(11-9-16)26(22,23)21-15-6-4-14(5-7-15)18-19-13(3)20-25-18/h4-12,21H,1-3H3. The molecule has 8 heteroatoms. The Morgan fingerprint density at radius 1 is 1.04 bits per heavy atom. The van der Waals surface area contributed by atoms with Crippen molar-refractivity contribution in [1.29, 1.82) is 0 Å². The normalized spacial score (nSPS) is 11.5. The Morgan fingerprint density at radius 3 is 2.23 bits per heavy atom. The molecule has 0 aliphatic rings. The molecule has 0 saturated carbocycles. The second-order valence-corrected chi connectivity index (χ2v) is 7.65. The molecule has 0 unspecified atom stereocenters. The number of hydrogen-bond acceptors (Lipinski definition) is 6. The van der Waals surface area contributed by atoms with Gasteiger partial charge < -0.3 is 9.26 Å². The van der Waals surface area contributed by atoms with E-state index in [9.17, 15) is 8.42 Å². The first-order chi connectivity index (χ1) is 12.3. The molecule has 7 nitrogen and oxygen atoms in total. The van der Waals surface area contributed by atoms with Crippen LogP contribution in [0.3, 0.4) is 0 Å². The van der Waals surface area contributed by atoms with E-state index in [-0.39, 0.29) is 11.0 Å². The monoisotopic (exact) mass is 373 g/mol. The highest BCUT2D eigenvalue weighted by Gasteiger charge is 2.15. The third kappa shape index (κ3) is 4.20. The molecule has 0 radical (unpaired) electrons. The van der Waals surface area contributed by atoms with Gasteiger partial charge in [0.1, 0.15) is 5.75 Å². The van der Waals surface area contributed by atoms with Crippen LogP contribution in [0.1, 0.15) is 19.7 Å². The highest BCUT2D eigenvalue weighted by molar-refractivity contribution is 7.92. The number of anilines is 1. The molecule has 0 spiro atoms. The molecule has 1 aromatic heterocycles. The van der Waals surface area contributed by atoms with E-state index in [1.54, 1.807) is 43.3 Å². The van der Waals surface area contributed by atoms with E-state index in [4.69, 9.17) is 9.26 Å². The van der Waals surface area contributed by atoms with Crippen LogP contribution in [0.15, 0.2) is 57.9 Å². The molecular formula is C18H19N3O4S. The second kappa shape index (κ2) is 7.17. The van der Waals surface area contributed by atoms with Gasteiger partial charge in [-0.25, -0.2) is 8.42 Å². The number of hydrogen-bond donors (Lipinski definition) is 1. The summed E-state index contributed by atoms with van der Waals surface area (Å²) in [5.41, 5.74) is 1.15. The first-order valence-corrected chi connectivity index (χ1v) is 9.52. The molecule has 2 aromatic carbocycles. The largest absolute Gasteiger partial charge is 0.491 e. The molecule has 136 valence electrons. The summed E-state index contributed by atoms with van der Waals surface area (Å²) in [6.45, 7) is 5.55. The summed E-state index contributed by atoms with van der Waals surface area (Å²) in [7, 11) is -3.69. The molecule has 0 saturated heterocycles. The fraction of sp³-hybridized carbons (Fsp3) is 0.222. The predicted octanol–water partition coefficient (Wildman–Crippen LogP) is 3.63. The number of ether oxygens (including phenoxy) is 1. The lowest BCUT2D eigenvalue weighted by Crippen LogP contribution is -2.13. The van der Waals surface area contributed by atoms with Gasteiger partial charge in [-0.3, -0.25) is 4.72 Å². The van der Waals surface area contributed by atoms with Gasteiger partial charge in [0.2, 0.25) is 0 Å². The topological polar surface area (TPSA) is 94.3 Å². The van der Waals surface area contributed by atoms with E-state index < -0.39 is 10.0 Å². The lowest BCUT2D eigenvalue weighted by molar-refractivity contribution is 0.242. The smallest absolute Gasteiger partial charge is 0.261 e. The molecule has 0 aliphatic heterocycles. The van der Waals surface area contributed by atoms with Crippen LogP contribution in [0.4, 0.5) is 5.69 Å². The van der Waals surface area contributed by atoms with E-state index in [1.165, 1.54) is 12.1 Å². The summed E-state index contributed by atoms with van der Waals surface area (Å²) in [5, 5.41) is 3.73. The maximum Gasteiger partial charge on any atom is 0.261 e. The Hall–Kier alpha value is -2.87. The summed E-state index contributed by atoms with van der Waals surface area (Å²) in [6.07, 6.45) is 0.0248.